The van der Waals surface area contributed by atoms with Crippen molar-refractivity contribution in [1.82, 2.24) is 0 Å². The van der Waals surface area contributed by atoms with Gasteiger partial charge in [-0.3, -0.25) is 0 Å². The van der Waals surface area contributed by atoms with Crippen molar-refractivity contribution in [3.05, 3.63) is 39.9 Å². The molecular weight excluding hydrogens is 228 g/mol. The largest absolute Gasteiger partial charge is 0.193 e. The maximum Gasteiger partial charge on any atom is 0.0927 e. The van der Waals surface area contributed by atoms with Crippen LogP contribution in [0.25, 0.3) is 5.03 Å². The Labute approximate surface area is 91.1 Å². The van der Waals surface area contributed by atoms with Crippen molar-refractivity contribution in [2.75, 3.05) is 0 Å². The Morgan fingerprint density at radius 2 is 2.08 bits per heavy atom. The lowest BCUT2D eigenvalue weighted by molar-refractivity contribution is 1.53. The van der Waals surface area contributed by atoms with Gasteiger partial charge in [-0.1, -0.05) is 46.9 Å². The summed E-state index contributed by atoms with van der Waals surface area (Å²) in [4.78, 5) is 0. The van der Waals surface area contributed by atoms with Gasteiger partial charge in [-0.15, -0.1) is 0 Å². The van der Waals surface area contributed by atoms with E-state index in [2.05, 4.69) is 0 Å². The average molecular weight is 232 g/mol. The molecule has 0 saturated heterocycles. The molecule has 0 radical (unpaired) electrons. The van der Waals surface area contributed by atoms with Gasteiger partial charge in [-0.05, 0) is 6.07 Å². The molecule has 66 valence electrons. The lowest BCUT2D eigenvalue weighted by Gasteiger charge is -2.02. The van der Waals surface area contributed by atoms with Gasteiger partial charge in [0, 0.05) is 11.6 Å². The Hall–Kier alpha value is -0.680. The zero-order chi connectivity index (χ0) is 9.84. The van der Waals surface area contributed by atoms with E-state index in [0.29, 0.717) is 15.6 Å². The smallest absolute Gasteiger partial charge is 0.0927 e. The summed E-state index contributed by atoms with van der Waals surface area (Å²) in [6.45, 7) is 0. The third-order valence-electron chi connectivity index (χ3n) is 1.40. The second-order valence-corrected chi connectivity index (χ2v) is 3.42. The molecule has 0 aromatic heterocycles. The lowest BCUT2D eigenvalue weighted by atomic mass is 10.2. The number of hydrogen-bond donors (Lipinski definition) is 0. The van der Waals surface area contributed by atoms with Crippen LogP contribution in [0.5, 0.6) is 0 Å². The Morgan fingerprint density at radius 3 is 2.69 bits per heavy atom. The summed E-state index contributed by atoms with van der Waals surface area (Å²) >= 11 is 17.4. The van der Waals surface area contributed by atoms with E-state index in [1.165, 1.54) is 6.08 Å². The first kappa shape index (κ1) is 10.4. The van der Waals surface area contributed by atoms with Crippen LogP contribution in [0.3, 0.4) is 0 Å². The molecule has 0 saturated carbocycles. The summed E-state index contributed by atoms with van der Waals surface area (Å²) < 4.78 is 0. The van der Waals surface area contributed by atoms with Crippen molar-refractivity contribution in [3.8, 4) is 6.07 Å². The van der Waals surface area contributed by atoms with E-state index in [1.54, 1.807) is 18.2 Å². The summed E-state index contributed by atoms with van der Waals surface area (Å²) in [6, 6.07) is 6.89. The van der Waals surface area contributed by atoms with E-state index >= 15 is 0 Å². The summed E-state index contributed by atoms with van der Waals surface area (Å²) in [5, 5.41) is 9.44. The minimum atomic E-state index is 0.287. The number of nitriles is 1. The molecule has 1 rings (SSSR count). The quantitative estimate of drug-likeness (QED) is 0.669. The molecular formula is C9H4Cl3N. The van der Waals surface area contributed by atoms with E-state index < -0.39 is 0 Å². The van der Waals surface area contributed by atoms with Gasteiger partial charge < -0.3 is 0 Å². The third kappa shape index (κ3) is 2.38. The fraction of sp³-hybridized carbons (Fsp3) is 0. The van der Waals surface area contributed by atoms with Crippen LogP contribution in [0.2, 0.25) is 10.0 Å². The molecule has 1 aromatic rings. The van der Waals surface area contributed by atoms with Crippen LogP contribution in [-0.4, -0.2) is 0 Å². The monoisotopic (exact) mass is 231 g/mol. The van der Waals surface area contributed by atoms with Gasteiger partial charge in [0.2, 0.25) is 0 Å². The van der Waals surface area contributed by atoms with Gasteiger partial charge in [0.15, 0.2) is 0 Å². The second kappa shape index (κ2) is 4.53. The van der Waals surface area contributed by atoms with Crippen LogP contribution in [-0.2, 0) is 0 Å². The van der Waals surface area contributed by atoms with Gasteiger partial charge in [-0.2, -0.15) is 5.26 Å². The first-order chi connectivity index (χ1) is 6.16. The number of hydrogen-bond acceptors (Lipinski definition) is 1. The van der Waals surface area contributed by atoms with Crippen LogP contribution in [0.15, 0.2) is 24.3 Å². The minimum Gasteiger partial charge on any atom is -0.193 e. The average Bonchev–Trinajstić information content (AvgIpc) is 2.10. The molecule has 1 aromatic carbocycles. The van der Waals surface area contributed by atoms with Crippen LogP contribution in [0.4, 0.5) is 0 Å². The molecule has 1 nitrogen and oxygen atoms in total. The number of benzene rings is 1. The molecule has 0 aliphatic heterocycles. The summed E-state index contributed by atoms with van der Waals surface area (Å²) in [5.41, 5.74) is 0.567. The zero-order valence-corrected chi connectivity index (χ0v) is 8.66. The fourth-order valence-electron chi connectivity index (χ4n) is 0.823. The van der Waals surface area contributed by atoms with Crippen molar-refractivity contribution >= 4 is 39.8 Å². The van der Waals surface area contributed by atoms with E-state index in [4.69, 9.17) is 40.1 Å². The summed E-state index contributed by atoms with van der Waals surface area (Å²) in [5.74, 6) is 0. The first-order valence-electron chi connectivity index (χ1n) is 3.36. The highest BCUT2D eigenvalue weighted by atomic mass is 35.5. The molecule has 0 aliphatic carbocycles. The van der Waals surface area contributed by atoms with Gasteiger partial charge in [-0.25, -0.2) is 0 Å². The third-order valence-corrected chi connectivity index (χ3v) is 2.53. The molecule has 0 atom stereocenters. The molecule has 0 unspecified atom stereocenters. The molecule has 0 spiro atoms. The maximum atomic E-state index is 8.37. The highest BCUT2D eigenvalue weighted by molar-refractivity contribution is 6.52. The van der Waals surface area contributed by atoms with E-state index in [1.807, 2.05) is 6.07 Å². The first-order valence-corrected chi connectivity index (χ1v) is 4.50. The van der Waals surface area contributed by atoms with Crippen LogP contribution in [0, 0.1) is 11.3 Å². The van der Waals surface area contributed by atoms with Gasteiger partial charge in [0.25, 0.3) is 0 Å². The molecule has 0 amide bonds. The van der Waals surface area contributed by atoms with Crippen LogP contribution >= 0.6 is 34.8 Å². The SMILES string of the molecule is N#C/C=C(\Cl)c1cccc(Cl)c1Cl. The predicted octanol–water partition coefficient (Wildman–Crippen LogP) is 4.10. The van der Waals surface area contributed by atoms with Crippen molar-refractivity contribution in [2.45, 2.75) is 0 Å². The molecule has 4 heteroatoms. The molecule has 0 bridgehead atoms. The van der Waals surface area contributed by atoms with E-state index in [-0.39, 0.29) is 5.03 Å². The van der Waals surface area contributed by atoms with Crippen LogP contribution in [0.1, 0.15) is 5.56 Å². The number of halogens is 3. The lowest BCUT2D eigenvalue weighted by Crippen LogP contribution is -1.79. The zero-order valence-electron chi connectivity index (χ0n) is 6.39. The Bertz CT molecular complexity index is 390. The van der Waals surface area contributed by atoms with Gasteiger partial charge in [0.1, 0.15) is 0 Å². The second-order valence-electron chi connectivity index (χ2n) is 2.22. The Kier molecular flexibility index (Phi) is 3.62. The van der Waals surface area contributed by atoms with Crippen molar-refractivity contribution in [3.63, 3.8) is 0 Å². The standard InChI is InChI=1S/C9H4Cl3N/c10-7(4-5-13)6-2-1-3-8(11)9(6)12/h1-4H/b7-4-. The van der Waals surface area contributed by atoms with Gasteiger partial charge >= 0.3 is 0 Å². The highest BCUT2D eigenvalue weighted by Gasteiger charge is 2.06. The number of allylic oxidation sites excluding steroid dienone is 1. The van der Waals surface area contributed by atoms with Crippen molar-refractivity contribution < 1.29 is 0 Å². The molecule has 0 heterocycles. The van der Waals surface area contributed by atoms with Crippen molar-refractivity contribution in [1.29, 1.82) is 5.26 Å². The summed E-state index contributed by atoms with van der Waals surface area (Å²) in [7, 11) is 0. The Morgan fingerprint density at radius 1 is 1.38 bits per heavy atom. The molecule has 0 aliphatic rings. The van der Waals surface area contributed by atoms with Crippen LogP contribution < -0.4 is 0 Å². The van der Waals surface area contributed by atoms with Gasteiger partial charge in [0.05, 0.1) is 21.1 Å². The number of nitrogens with zero attached hydrogens (tertiary/aromatic N) is 1. The van der Waals surface area contributed by atoms with Crippen molar-refractivity contribution in [2.24, 2.45) is 0 Å². The maximum absolute atomic E-state index is 8.37. The molecule has 13 heavy (non-hydrogen) atoms. The number of rotatable bonds is 1. The minimum absolute atomic E-state index is 0.287. The molecule has 0 fully saturated rings. The van der Waals surface area contributed by atoms with E-state index in [9.17, 15) is 0 Å². The Balaban J connectivity index is 3.25. The molecule has 0 N–H and O–H groups in total. The normalized spacial score (nSPS) is 11.1. The fourth-order valence-corrected chi connectivity index (χ4v) is 1.48. The topological polar surface area (TPSA) is 23.8 Å². The van der Waals surface area contributed by atoms with E-state index in [0.717, 1.165) is 0 Å². The summed E-state index contributed by atoms with van der Waals surface area (Å²) in [6.07, 6.45) is 1.21. The predicted molar refractivity (Wildman–Crippen MR) is 55.9 cm³/mol. The highest BCUT2D eigenvalue weighted by Crippen LogP contribution is 2.31.